The summed E-state index contributed by atoms with van der Waals surface area (Å²) in [6.07, 6.45) is -0.104. The molecule has 0 bridgehead atoms. The summed E-state index contributed by atoms with van der Waals surface area (Å²) in [6.45, 7) is 8.79. The highest BCUT2D eigenvalue weighted by molar-refractivity contribution is 7.88. The summed E-state index contributed by atoms with van der Waals surface area (Å²) >= 11 is 1.25. The summed E-state index contributed by atoms with van der Waals surface area (Å²) in [5.41, 5.74) is 0.117. The van der Waals surface area contributed by atoms with E-state index in [4.69, 9.17) is 9.47 Å². The number of thiophene rings is 1. The van der Waals surface area contributed by atoms with Gasteiger partial charge in [-0.15, -0.1) is 11.3 Å². The number of aryl methyl sites for hydroxylation is 2. The first-order valence-corrected chi connectivity index (χ1v) is 12.7. The van der Waals surface area contributed by atoms with E-state index in [0.29, 0.717) is 11.3 Å². The van der Waals surface area contributed by atoms with Crippen molar-refractivity contribution in [3.63, 3.8) is 0 Å². The van der Waals surface area contributed by atoms with E-state index in [1.807, 2.05) is 6.92 Å². The molecular weight excluding hydrogens is 486 g/mol. The van der Waals surface area contributed by atoms with Crippen molar-refractivity contribution in [1.82, 2.24) is 5.32 Å². The maximum atomic E-state index is 13.3. The minimum absolute atomic E-state index is 0.124. The van der Waals surface area contributed by atoms with Crippen LogP contribution in [0.15, 0.2) is 6.07 Å². The second-order valence-corrected chi connectivity index (χ2v) is 11.2. The summed E-state index contributed by atoms with van der Waals surface area (Å²) < 4.78 is 32.8. The van der Waals surface area contributed by atoms with E-state index in [0.717, 1.165) is 24.7 Å². The highest BCUT2D eigenvalue weighted by Crippen LogP contribution is 2.25. The summed E-state index contributed by atoms with van der Waals surface area (Å²) in [5.74, 6) is -2.42. The second-order valence-electron chi connectivity index (χ2n) is 8.24. The number of nitrogens with one attached hydrogen (secondary N) is 1. The Hall–Kier alpha value is -2.47. The van der Waals surface area contributed by atoms with Gasteiger partial charge in [0, 0.05) is 11.4 Å². The van der Waals surface area contributed by atoms with E-state index in [1.54, 1.807) is 33.8 Å². The van der Waals surface area contributed by atoms with Crippen LogP contribution in [-0.2, 0) is 45.8 Å². The summed E-state index contributed by atoms with van der Waals surface area (Å²) in [5, 5.41) is 0.0677. The molecule has 0 fully saturated rings. The topological polar surface area (TPSA) is 134 Å². The lowest BCUT2D eigenvalue weighted by Gasteiger charge is -2.23. The average Bonchev–Trinajstić information content (AvgIpc) is 3.13. The fourth-order valence-corrected chi connectivity index (χ4v) is 5.50. The third kappa shape index (κ3) is 9.05. The van der Waals surface area contributed by atoms with E-state index in [2.05, 4.69) is 14.8 Å². The van der Waals surface area contributed by atoms with Crippen molar-refractivity contribution >= 4 is 46.1 Å². The Balaban J connectivity index is 3.10. The van der Waals surface area contributed by atoms with E-state index in [-0.39, 0.29) is 19.6 Å². The van der Waals surface area contributed by atoms with Gasteiger partial charge in [0.2, 0.25) is 5.25 Å². The average molecular weight is 520 g/mol. The number of alkyl carbamates (subject to hydrolysis) is 1. The fourth-order valence-electron chi connectivity index (χ4n) is 2.87. The van der Waals surface area contributed by atoms with Gasteiger partial charge in [-0.05, 0) is 59.1 Å². The van der Waals surface area contributed by atoms with Crippen LogP contribution in [-0.4, -0.2) is 71.7 Å². The van der Waals surface area contributed by atoms with Crippen LogP contribution in [0.5, 0.6) is 0 Å². The SMILES string of the molecule is CCOC(=O)c1cc(C)c(CC[C@H](CNC(=O)OC(C)(C)C)S(=O)C(C(=O)OC)C(=O)OC)s1. The number of carbonyl (C=O) groups is 4. The van der Waals surface area contributed by atoms with Crippen molar-refractivity contribution in [2.45, 2.75) is 63.6 Å². The number of carbonyl (C=O) groups excluding carboxylic acids is 4. The van der Waals surface area contributed by atoms with Gasteiger partial charge in [0.1, 0.15) is 10.5 Å². The van der Waals surface area contributed by atoms with Gasteiger partial charge in [-0.1, -0.05) is 0 Å². The molecule has 0 aliphatic heterocycles. The molecule has 1 heterocycles. The van der Waals surface area contributed by atoms with Crippen LogP contribution in [0.2, 0.25) is 0 Å². The number of rotatable bonds is 11. The van der Waals surface area contributed by atoms with Crippen molar-refractivity contribution in [1.29, 1.82) is 0 Å². The molecule has 0 saturated heterocycles. The molecule has 0 saturated carbocycles. The van der Waals surface area contributed by atoms with E-state index in [9.17, 15) is 23.4 Å². The minimum atomic E-state index is -2.09. The molecule has 1 unspecified atom stereocenters. The molecule has 0 radical (unpaired) electrons. The van der Waals surface area contributed by atoms with Crippen molar-refractivity contribution in [3.8, 4) is 0 Å². The van der Waals surface area contributed by atoms with Crippen molar-refractivity contribution in [3.05, 3.63) is 21.4 Å². The van der Waals surface area contributed by atoms with E-state index >= 15 is 0 Å². The van der Waals surface area contributed by atoms with Crippen LogP contribution in [0, 0.1) is 6.92 Å². The standard InChI is InChI=1S/C22H33NO9S2/c1-8-31-18(24)16-11-13(2)15(33-16)10-9-14(12-23-21(27)32-22(3,4)5)34(28)17(19(25)29-6)20(26)30-7/h11,14,17H,8-10,12H2,1-7H3,(H,23,27)/t14-,34?/m1/s1. The molecule has 0 aliphatic carbocycles. The zero-order valence-electron chi connectivity index (χ0n) is 20.6. The number of hydrogen-bond acceptors (Lipinski definition) is 10. The Kier molecular flexibility index (Phi) is 11.7. The normalized spacial score (nSPS) is 13.1. The van der Waals surface area contributed by atoms with E-state index in [1.165, 1.54) is 11.3 Å². The lowest BCUT2D eigenvalue weighted by atomic mass is 10.1. The third-order valence-electron chi connectivity index (χ3n) is 4.45. The lowest BCUT2D eigenvalue weighted by Crippen LogP contribution is -2.45. The lowest BCUT2D eigenvalue weighted by molar-refractivity contribution is -0.150. The molecular formula is C22H33NO9S2. The number of esters is 3. The molecule has 10 nitrogen and oxygen atoms in total. The third-order valence-corrected chi connectivity index (χ3v) is 7.64. The predicted molar refractivity (Wildman–Crippen MR) is 127 cm³/mol. The Bertz CT molecular complexity index is 889. The van der Waals surface area contributed by atoms with Crippen LogP contribution >= 0.6 is 11.3 Å². The molecule has 1 aromatic rings. The first-order chi connectivity index (χ1) is 15.8. The monoisotopic (exact) mass is 519 g/mol. The smallest absolute Gasteiger partial charge is 0.407 e. The van der Waals surface area contributed by atoms with Gasteiger partial charge in [0.05, 0.1) is 36.9 Å². The predicted octanol–water partition coefficient (Wildman–Crippen LogP) is 2.52. The van der Waals surface area contributed by atoms with Gasteiger partial charge in [-0.3, -0.25) is 13.8 Å². The Morgan fingerprint density at radius 2 is 1.71 bits per heavy atom. The van der Waals surface area contributed by atoms with Crippen molar-refractivity contribution in [2.24, 2.45) is 0 Å². The van der Waals surface area contributed by atoms with E-state index < -0.39 is 50.9 Å². The summed E-state index contributed by atoms with van der Waals surface area (Å²) in [7, 11) is 0.0707. The van der Waals surface area contributed by atoms with Gasteiger partial charge < -0.3 is 24.3 Å². The van der Waals surface area contributed by atoms with Gasteiger partial charge >= 0.3 is 24.0 Å². The van der Waals surface area contributed by atoms with Crippen molar-refractivity contribution in [2.75, 3.05) is 27.4 Å². The highest BCUT2D eigenvalue weighted by Gasteiger charge is 2.39. The Morgan fingerprint density at radius 1 is 1.12 bits per heavy atom. The summed E-state index contributed by atoms with van der Waals surface area (Å²) in [4.78, 5) is 49.8. The maximum Gasteiger partial charge on any atom is 0.407 e. The number of hydrogen-bond donors (Lipinski definition) is 1. The number of methoxy groups -OCH3 is 2. The molecule has 1 amide bonds. The quantitative estimate of drug-likeness (QED) is 0.266. The van der Waals surface area contributed by atoms with Crippen LogP contribution < -0.4 is 5.32 Å². The highest BCUT2D eigenvalue weighted by atomic mass is 32.2. The van der Waals surface area contributed by atoms with Crippen LogP contribution in [0.4, 0.5) is 4.79 Å². The molecule has 192 valence electrons. The summed E-state index contributed by atoms with van der Waals surface area (Å²) in [6, 6.07) is 1.72. The van der Waals surface area contributed by atoms with Crippen LogP contribution in [0.1, 0.15) is 54.2 Å². The zero-order chi connectivity index (χ0) is 26.1. The van der Waals surface area contributed by atoms with Crippen LogP contribution in [0.3, 0.4) is 0 Å². The molecule has 1 rings (SSSR count). The molecule has 0 spiro atoms. The van der Waals surface area contributed by atoms with Gasteiger partial charge in [-0.2, -0.15) is 0 Å². The minimum Gasteiger partial charge on any atom is -0.468 e. The largest absolute Gasteiger partial charge is 0.468 e. The molecule has 1 N–H and O–H groups in total. The first kappa shape index (κ1) is 29.6. The maximum absolute atomic E-state index is 13.3. The molecule has 1 aromatic heterocycles. The molecule has 0 aromatic carbocycles. The van der Waals surface area contributed by atoms with Gasteiger partial charge in [0.15, 0.2) is 0 Å². The molecule has 2 atom stereocenters. The van der Waals surface area contributed by atoms with Gasteiger partial charge in [-0.25, -0.2) is 9.59 Å². The zero-order valence-corrected chi connectivity index (χ0v) is 22.2. The Labute approximate surface area is 206 Å². The van der Waals surface area contributed by atoms with Crippen LogP contribution in [0.25, 0.3) is 0 Å². The number of amides is 1. The second kappa shape index (κ2) is 13.4. The Morgan fingerprint density at radius 3 is 2.21 bits per heavy atom. The van der Waals surface area contributed by atoms with Gasteiger partial charge in [0.25, 0.3) is 0 Å². The first-order valence-electron chi connectivity index (χ1n) is 10.6. The van der Waals surface area contributed by atoms with Crippen molar-refractivity contribution < 1.29 is 42.3 Å². The molecule has 34 heavy (non-hydrogen) atoms. The molecule has 0 aliphatic rings. The molecule has 12 heteroatoms. The number of ether oxygens (including phenoxy) is 4. The fraction of sp³-hybridized carbons (Fsp3) is 0.636.